The number of carboxylic acids is 1. The van der Waals surface area contributed by atoms with E-state index in [4.69, 9.17) is 9.84 Å². The summed E-state index contributed by atoms with van der Waals surface area (Å²) in [5.41, 5.74) is 10.3. The lowest BCUT2D eigenvalue weighted by Crippen LogP contribution is -2.41. The van der Waals surface area contributed by atoms with Crippen molar-refractivity contribution in [3.8, 4) is 0 Å². The second-order valence-corrected chi connectivity index (χ2v) is 6.58. The Labute approximate surface area is 142 Å². The predicted molar refractivity (Wildman–Crippen MR) is 89.8 cm³/mol. The second kappa shape index (κ2) is 8.55. The van der Waals surface area contributed by atoms with Crippen LogP contribution in [0.5, 0.6) is 0 Å². The highest BCUT2D eigenvalue weighted by Gasteiger charge is 2.39. The summed E-state index contributed by atoms with van der Waals surface area (Å²) in [5, 5.41) is 9.17. The summed E-state index contributed by atoms with van der Waals surface area (Å²) >= 11 is 0. The van der Waals surface area contributed by atoms with Gasteiger partial charge in [0.2, 0.25) is 0 Å². The van der Waals surface area contributed by atoms with E-state index in [1.807, 2.05) is 18.2 Å². The number of nitrogens with one attached hydrogen (secondary N) is 3. The van der Waals surface area contributed by atoms with E-state index in [0.717, 1.165) is 26.2 Å². The number of ether oxygens (including phenoxy) is 1. The summed E-state index contributed by atoms with van der Waals surface area (Å²) in [6.45, 7) is 4.67. The fourth-order valence-corrected chi connectivity index (χ4v) is 3.64. The Morgan fingerprint density at radius 3 is 2.83 bits per heavy atom. The average molecular weight is 334 g/mol. The molecule has 1 aromatic rings. The highest BCUT2D eigenvalue weighted by Crippen LogP contribution is 2.29. The molecule has 0 spiro atoms. The highest BCUT2D eigenvalue weighted by molar-refractivity contribution is 5.67. The number of carboxylic acid groups (broad SMARTS) is 1. The van der Waals surface area contributed by atoms with E-state index >= 15 is 0 Å². The third-order valence-corrected chi connectivity index (χ3v) is 4.85. The largest absolute Gasteiger partial charge is 0.481 e. The van der Waals surface area contributed by atoms with Crippen LogP contribution in [0.3, 0.4) is 0 Å². The number of hydrogen-bond acceptors (Lipinski definition) is 6. The van der Waals surface area contributed by atoms with Gasteiger partial charge in [-0.05, 0) is 17.4 Å². The van der Waals surface area contributed by atoms with Crippen LogP contribution in [0.25, 0.3) is 0 Å². The van der Waals surface area contributed by atoms with Crippen molar-refractivity contribution in [1.82, 2.24) is 21.3 Å². The summed E-state index contributed by atoms with van der Waals surface area (Å²) in [4.78, 5) is 13.5. The number of carbonyl (C=O) groups is 1. The number of hydrogen-bond donors (Lipinski definition) is 4. The molecule has 4 N–H and O–H groups in total. The first-order chi connectivity index (χ1) is 11.7. The monoisotopic (exact) mass is 334 g/mol. The molecule has 0 aromatic heterocycles. The van der Waals surface area contributed by atoms with Crippen LogP contribution >= 0.6 is 0 Å². The van der Waals surface area contributed by atoms with E-state index in [9.17, 15) is 4.79 Å². The molecular formula is C17H26N4O3. The van der Waals surface area contributed by atoms with E-state index in [-0.39, 0.29) is 18.4 Å². The molecule has 3 atom stereocenters. The van der Waals surface area contributed by atoms with Crippen LogP contribution in [0.2, 0.25) is 0 Å². The maximum atomic E-state index is 11.1. The lowest BCUT2D eigenvalue weighted by Gasteiger charge is -2.22. The van der Waals surface area contributed by atoms with E-state index < -0.39 is 5.97 Å². The zero-order chi connectivity index (χ0) is 16.8. The fourth-order valence-electron chi connectivity index (χ4n) is 3.64. The molecule has 2 heterocycles. The lowest BCUT2D eigenvalue weighted by molar-refractivity contribution is -0.138. The maximum Gasteiger partial charge on any atom is 0.303 e. The molecule has 2 aliphatic rings. The van der Waals surface area contributed by atoms with Crippen LogP contribution in [0.1, 0.15) is 12.0 Å². The van der Waals surface area contributed by atoms with Crippen molar-refractivity contribution in [2.24, 2.45) is 11.8 Å². The molecule has 0 saturated carbocycles. The molecule has 2 aliphatic heterocycles. The minimum atomic E-state index is -0.717. The Balaban J connectivity index is 1.44. The molecule has 1 aromatic carbocycles. The molecule has 0 radical (unpaired) electrons. The SMILES string of the molecule is O=C(O)C[C@@H]1CN(CCOCc2ccccc2)C[C@@H]1C1CNNN1. The van der Waals surface area contributed by atoms with Gasteiger partial charge in [-0.25, -0.2) is 10.9 Å². The van der Waals surface area contributed by atoms with Crippen LogP contribution in [-0.4, -0.2) is 54.8 Å². The Hall–Kier alpha value is -1.51. The summed E-state index contributed by atoms with van der Waals surface area (Å²) < 4.78 is 5.76. The van der Waals surface area contributed by atoms with Gasteiger partial charge in [0.25, 0.3) is 0 Å². The molecule has 2 fully saturated rings. The van der Waals surface area contributed by atoms with Crippen molar-refractivity contribution in [2.75, 3.05) is 32.8 Å². The molecule has 3 rings (SSSR count). The first-order valence-corrected chi connectivity index (χ1v) is 8.51. The first-order valence-electron chi connectivity index (χ1n) is 8.51. The third kappa shape index (κ3) is 4.75. The van der Waals surface area contributed by atoms with Crippen molar-refractivity contribution in [2.45, 2.75) is 19.1 Å². The Kier molecular flexibility index (Phi) is 6.17. The lowest BCUT2D eigenvalue weighted by atomic mass is 9.87. The molecular weight excluding hydrogens is 308 g/mol. The van der Waals surface area contributed by atoms with Crippen molar-refractivity contribution in [3.63, 3.8) is 0 Å². The predicted octanol–water partition coefficient (Wildman–Crippen LogP) is 0.207. The zero-order valence-corrected chi connectivity index (χ0v) is 13.8. The van der Waals surface area contributed by atoms with Gasteiger partial charge in [-0.1, -0.05) is 30.3 Å². The standard InChI is InChI=1S/C17H26N4O3/c22-17(23)8-14-10-21(11-15(14)16-9-18-20-19-16)6-7-24-12-13-4-2-1-3-5-13/h1-5,14-16,18-20H,6-12H2,(H,22,23)/t14-,15+,16?/m1/s1. The molecule has 2 saturated heterocycles. The molecule has 132 valence electrons. The van der Waals surface area contributed by atoms with Gasteiger partial charge in [0.05, 0.1) is 13.2 Å². The zero-order valence-electron chi connectivity index (χ0n) is 13.8. The van der Waals surface area contributed by atoms with Gasteiger partial charge in [0.15, 0.2) is 0 Å². The van der Waals surface area contributed by atoms with Crippen LogP contribution in [-0.2, 0) is 16.1 Å². The van der Waals surface area contributed by atoms with E-state index in [2.05, 4.69) is 33.4 Å². The normalized spacial score (nSPS) is 27.6. The highest BCUT2D eigenvalue weighted by atomic mass is 16.5. The van der Waals surface area contributed by atoms with Crippen LogP contribution in [0.15, 0.2) is 30.3 Å². The molecule has 0 bridgehead atoms. The number of aliphatic carboxylic acids is 1. The summed E-state index contributed by atoms with van der Waals surface area (Å²) in [6, 6.07) is 10.4. The number of hydrazine groups is 2. The van der Waals surface area contributed by atoms with Gasteiger partial charge >= 0.3 is 5.97 Å². The Morgan fingerprint density at radius 1 is 1.29 bits per heavy atom. The Morgan fingerprint density at radius 2 is 2.12 bits per heavy atom. The number of likely N-dealkylation sites (tertiary alicyclic amines) is 1. The topological polar surface area (TPSA) is 85.9 Å². The summed E-state index contributed by atoms with van der Waals surface area (Å²) in [5.74, 6) is -0.209. The van der Waals surface area contributed by atoms with E-state index in [0.29, 0.717) is 19.1 Å². The van der Waals surface area contributed by atoms with Gasteiger partial charge in [-0.15, -0.1) is 0 Å². The summed E-state index contributed by atoms with van der Waals surface area (Å²) in [7, 11) is 0. The molecule has 1 unspecified atom stereocenters. The molecule has 0 amide bonds. The number of benzene rings is 1. The van der Waals surface area contributed by atoms with Crippen molar-refractivity contribution < 1.29 is 14.6 Å². The molecule has 7 heteroatoms. The Bertz CT molecular complexity index is 522. The van der Waals surface area contributed by atoms with Gasteiger partial charge in [-0.3, -0.25) is 4.79 Å². The fraction of sp³-hybridized carbons (Fsp3) is 0.588. The van der Waals surface area contributed by atoms with E-state index in [1.54, 1.807) is 0 Å². The van der Waals surface area contributed by atoms with Gasteiger partial charge in [-0.2, -0.15) is 5.53 Å². The third-order valence-electron chi connectivity index (χ3n) is 4.85. The van der Waals surface area contributed by atoms with Gasteiger partial charge in [0.1, 0.15) is 0 Å². The second-order valence-electron chi connectivity index (χ2n) is 6.58. The number of nitrogens with zero attached hydrogens (tertiary/aromatic N) is 1. The van der Waals surface area contributed by atoms with Crippen molar-refractivity contribution >= 4 is 5.97 Å². The average Bonchev–Trinajstić information content (AvgIpc) is 3.21. The molecule has 24 heavy (non-hydrogen) atoms. The summed E-state index contributed by atoms with van der Waals surface area (Å²) in [6.07, 6.45) is 0.226. The van der Waals surface area contributed by atoms with Crippen LogP contribution < -0.4 is 16.4 Å². The minimum Gasteiger partial charge on any atom is -0.481 e. The number of rotatable bonds is 8. The first kappa shape index (κ1) is 17.3. The molecule has 7 nitrogen and oxygen atoms in total. The van der Waals surface area contributed by atoms with Crippen LogP contribution in [0.4, 0.5) is 0 Å². The van der Waals surface area contributed by atoms with Gasteiger partial charge in [0, 0.05) is 38.6 Å². The quantitative estimate of drug-likeness (QED) is 0.506. The van der Waals surface area contributed by atoms with Crippen molar-refractivity contribution in [1.29, 1.82) is 0 Å². The van der Waals surface area contributed by atoms with Crippen LogP contribution in [0, 0.1) is 11.8 Å². The van der Waals surface area contributed by atoms with E-state index in [1.165, 1.54) is 5.56 Å². The van der Waals surface area contributed by atoms with Gasteiger partial charge < -0.3 is 14.7 Å². The minimum absolute atomic E-state index is 0.177. The molecule has 0 aliphatic carbocycles. The smallest absolute Gasteiger partial charge is 0.303 e. The maximum absolute atomic E-state index is 11.1. The van der Waals surface area contributed by atoms with Crippen molar-refractivity contribution in [3.05, 3.63) is 35.9 Å².